The molecule has 0 aromatic heterocycles. The van der Waals surface area contributed by atoms with Gasteiger partial charge in [0.15, 0.2) is 0 Å². The van der Waals surface area contributed by atoms with Crippen molar-refractivity contribution < 1.29 is 4.79 Å². The third-order valence-electron chi connectivity index (χ3n) is 7.32. The summed E-state index contributed by atoms with van der Waals surface area (Å²) in [7, 11) is 0. The fourth-order valence-electron chi connectivity index (χ4n) is 5.50. The smallest absolute Gasteiger partial charge is 0.226 e. The van der Waals surface area contributed by atoms with Crippen molar-refractivity contribution in [3.05, 3.63) is 34.9 Å². The van der Waals surface area contributed by atoms with Gasteiger partial charge >= 0.3 is 0 Å². The maximum absolute atomic E-state index is 12.8. The SMILES string of the molecule is Cc1cccc(C)c1CN1CCC(N2CCCC(C(=O)N3CCCC3)C2)CC1. The molecule has 1 atom stereocenters. The lowest BCUT2D eigenvalue weighted by atomic mass is 9.92. The molecule has 4 heteroatoms. The molecule has 3 fully saturated rings. The lowest BCUT2D eigenvalue weighted by molar-refractivity contribution is -0.136. The number of likely N-dealkylation sites (tertiary alicyclic amines) is 3. The fourth-order valence-corrected chi connectivity index (χ4v) is 5.50. The minimum Gasteiger partial charge on any atom is -0.342 e. The molecule has 0 saturated carbocycles. The van der Waals surface area contributed by atoms with E-state index in [1.807, 2.05) is 0 Å². The Morgan fingerprint density at radius 3 is 2.29 bits per heavy atom. The Kier molecular flexibility index (Phi) is 6.37. The van der Waals surface area contributed by atoms with E-state index in [1.165, 1.54) is 68.4 Å². The van der Waals surface area contributed by atoms with Gasteiger partial charge in [-0.25, -0.2) is 0 Å². The molecule has 0 aliphatic carbocycles. The van der Waals surface area contributed by atoms with Gasteiger partial charge in [-0.2, -0.15) is 0 Å². The van der Waals surface area contributed by atoms with Crippen molar-refractivity contribution in [1.82, 2.24) is 14.7 Å². The Balaban J connectivity index is 1.29. The van der Waals surface area contributed by atoms with Crippen LogP contribution in [-0.4, -0.2) is 65.9 Å². The van der Waals surface area contributed by atoms with Gasteiger partial charge < -0.3 is 4.90 Å². The quantitative estimate of drug-likeness (QED) is 0.795. The molecule has 3 aliphatic rings. The summed E-state index contributed by atoms with van der Waals surface area (Å²) in [5.41, 5.74) is 4.35. The molecule has 1 amide bonds. The first-order chi connectivity index (χ1) is 13.6. The van der Waals surface area contributed by atoms with Gasteiger partial charge in [-0.15, -0.1) is 0 Å². The molecule has 3 saturated heterocycles. The van der Waals surface area contributed by atoms with Crippen LogP contribution in [0.1, 0.15) is 55.2 Å². The fraction of sp³-hybridized carbons (Fsp3) is 0.708. The van der Waals surface area contributed by atoms with Gasteiger partial charge in [0, 0.05) is 32.2 Å². The summed E-state index contributed by atoms with van der Waals surface area (Å²) in [6.07, 6.45) is 7.16. The van der Waals surface area contributed by atoms with Crippen LogP contribution in [0.3, 0.4) is 0 Å². The predicted molar refractivity (Wildman–Crippen MR) is 114 cm³/mol. The van der Waals surface area contributed by atoms with Crippen molar-refractivity contribution in [2.45, 2.75) is 65.0 Å². The van der Waals surface area contributed by atoms with Crippen LogP contribution in [-0.2, 0) is 11.3 Å². The van der Waals surface area contributed by atoms with E-state index in [2.05, 4.69) is 46.7 Å². The summed E-state index contributed by atoms with van der Waals surface area (Å²) >= 11 is 0. The highest BCUT2D eigenvalue weighted by atomic mass is 16.2. The average Bonchev–Trinajstić information content (AvgIpc) is 3.26. The van der Waals surface area contributed by atoms with Crippen LogP contribution in [0.25, 0.3) is 0 Å². The Labute approximate surface area is 170 Å². The number of benzene rings is 1. The van der Waals surface area contributed by atoms with Gasteiger partial charge in [0.05, 0.1) is 5.92 Å². The summed E-state index contributed by atoms with van der Waals surface area (Å²) in [6, 6.07) is 7.31. The first-order valence-electron chi connectivity index (χ1n) is 11.4. The van der Waals surface area contributed by atoms with Crippen LogP contribution in [0.4, 0.5) is 0 Å². The van der Waals surface area contributed by atoms with Gasteiger partial charge in [-0.05, 0) is 88.7 Å². The zero-order chi connectivity index (χ0) is 19.5. The van der Waals surface area contributed by atoms with Crippen LogP contribution >= 0.6 is 0 Å². The van der Waals surface area contributed by atoms with Gasteiger partial charge in [0.2, 0.25) is 5.91 Å². The zero-order valence-electron chi connectivity index (χ0n) is 17.8. The molecule has 3 aliphatic heterocycles. The number of nitrogens with zero attached hydrogens (tertiary/aromatic N) is 3. The van der Waals surface area contributed by atoms with E-state index < -0.39 is 0 Å². The number of rotatable bonds is 4. The molecule has 4 rings (SSSR count). The molecule has 0 bridgehead atoms. The molecule has 154 valence electrons. The molecule has 28 heavy (non-hydrogen) atoms. The van der Waals surface area contributed by atoms with Gasteiger partial charge in [0.1, 0.15) is 0 Å². The number of hydrogen-bond acceptors (Lipinski definition) is 3. The van der Waals surface area contributed by atoms with E-state index in [4.69, 9.17) is 0 Å². The number of carbonyl (C=O) groups excluding carboxylic acids is 1. The second-order valence-electron chi connectivity index (χ2n) is 9.24. The standard InChI is InChI=1S/C24H37N3O/c1-19-7-5-8-20(2)23(19)18-25-15-10-22(11-16-25)27-14-6-9-21(17-27)24(28)26-12-3-4-13-26/h5,7-8,21-22H,3-4,6,9-18H2,1-2H3. The van der Waals surface area contributed by atoms with Crippen LogP contribution in [0.2, 0.25) is 0 Å². The second kappa shape index (κ2) is 8.96. The van der Waals surface area contributed by atoms with Crippen molar-refractivity contribution in [3.8, 4) is 0 Å². The summed E-state index contributed by atoms with van der Waals surface area (Å²) < 4.78 is 0. The van der Waals surface area contributed by atoms with E-state index in [0.29, 0.717) is 11.9 Å². The molecular formula is C24H37N3O. The zero-order valence-corrected chi connectivity index (χ0v) is 17.8. The van der Waals surface area contributed by atoms with E-state index >= 15 is 0 Å². The summed E-state index contributed by atoms with van der Waals surface area (Å²) in [5.74, 6) is 0.689. The Morgan fingerprint density at radius 2 is 1.61 bits per heavy atom. The third-order valence-corrected chi connectivity index (χ3v) is 7.32. The molecule has 1 aromatic rings. The molecule has 3 heterocycles. The highest BCUT2D eigenvalue weighted by Crippen LogP contribution is 2.27. The Bertz CT molecular complexity index is 654. The number of amides is 1. The number of piperidine rings is 2. The summed E-state index contributed by atoms with van der Waals surface area (Å²) in [4.78, 5) is 20.2. The normalized spacial score (nSPS) is 25.4. The minimum atomic E-state index is 0.250. The van der Waals surface area contributed by atoms with Crippen LogP contribution < -0.4 is 0 Å². The largest absolute Gasteiger partial charge is 0.342 e. The molecule has 0 radical (unpaired) electrons. The van der Waals surface area contributed by atoms with Gasteiger partial charge in [0.25, 0.3) is 0 Å². The van der Waals surface area contributed by atoms with E-state index in [-0.39, 0.29) is 5.92 Å². The maximum atomic E-state index is 12.8. The third kappa shape index (κ3) is 4.44. The molecule has 0 N–H and O–H groups in total. The van der Waals surface area contributed by atoms with Crippen molar-refractivity contribution >= 4 is 5.91 Å². The lowest BCUT2D eigenvalue weighted by Gasteiger charge is -2.42. The molecule has 4 nitrogen and oxygen atoms in total. The van der Waals surface area contributed by atoms with Crippen LogP contribution in [0.5, 0.6) is 0 Å². The average molecular weight is 384 g/mol. The Morgan fingerprint density at radius 1 is 0.929 bits per heavy atom. The molecule has 1 unspecified atom stereocenters. The van der Waals surface area contributed by atoms with Crippen molar-refractivity contribution in [2.24, 2.45) is 5.92 Å². The van der Waals surface area contributed by atoms with Gasteiger partial charge in [-0.3, -0.25) is 14.6 Å². The minimum absolute atomic E-state index is 0.250. The van der Waals surface area contributed by atoms with E-state index in [0.717, 1.165) is 32.6 Å². The van der Waals surface area contributed by atoms with Crippen molar-refractivity contribution in [3.63, 3.8) is 0 Å². The van der Waals surface area contributed by atoms with Crippen LogP contribution in [0.15, 0.2) is 18.2 Å². The van der Waals surface area contributed by atoms with E-state index in [1.54, 1.807) is 0 Å². The number of hydrogen-bond donors (Lipinski definition) is 0. The Hall–Kier alpha value is -1.39. The van der Waals surface area contributed by atoms with Gasteiger partial charge in [-0.1, -0.05) is 18.2 Å². The van der Waals surface area contributed by atoms with E-state index in [9.17, 15) is 4.79 Å². The lowest BCUT2D eigenvalue weighted by Crippen LogP contribution is -2.51. The summed E-state index contributed by atoms with van der Waals surface area (Å²) in [5, 5.41) is 0. The number of carbonyl (C=O) groups is 1. The second-order valence-corrected chi connectivity index (χ2v) is 9.24. The highest BCUT2D eigenvalue weighted by Gasteiger charge is 2.34. The molecule has 0 spiro atoms. The maximum Gasteiger partial charge on any atom is 0.226 e. The topological polar surface area (TPSA) is 26.8 Å². The monoisotopic (exact) mass is 383 g/mol. The highest BCUT2D eigenvalue weighted by molar-refractivity contribution is 5.79. The van der Waals surface area contributed by atoms with Crippen molar-refractivity contribution in [1.29, 1.82) is 0 Å². The van der Waals surface area contributed by atoms with Crippen molar-refractivity contribution in [2.75, 3.05) is 39.3 Å². The predicted octanol–water partition coefficient (Wildman–Crippen LogP) is 3.60. The van der Waals surface area contributed by atoms with Crippen LogP contribution in [0, 0.1) is 19.8 Å². The summed E-state index contributed by atoms with van der Waals surface area (Å²) in [6.45, 7) is 12.1. The first kappa shape index (κ1) is 19.9. The molecule has 1 aromatic carbocycles. The molecular weight excluding hydrogens is 346 g/mol. The first-order valence-corrected chi connectivity index (χ1v) is 11.4. The number of aryl methyl sites for hydroxylation is 2.